The summed E-state index contributed by atoms with van der Waals surface area (Å²) in [5.74, 6) is -0.0454. The number of ether oxygens (including phenoxy) is 2. The Morgan fingerprint density at radius 1 is 1.07 bits per heavy atom. The van der Waals surface area contributed by atoms with E-state index in [2.05, 4.69) is 16.0 Å². The highest BCUT2D eigenvalue weighted by molar-refractivity contribution is 5.91. The highest BCUT2D eigenvalue weighted by atomic mass is 16.6. The molecule has 0 radical (unpaired) electrons. The van der Waals surface area contributed by atoms with E-state index in [1.807, 2.05) is 24.3 Å². The molecule has 8 nitrogen and oxygen atoms in total. The molecule has 1 aromatic rings. The summed E-state index contributed by atoms with van der Waals surface area (Å²) in [5, 5.41) is 8.09. The van der Waals surface area contributed by atoms with Crippen molar-refractivity contribution in [3.05, 3.63) is 29.8 Å². The van der Waals surface area contributed by atoms with Crippen molar-refractivity contribution in [2.24, 2.45) is 5.92 Å². The first-order chi connectivity index (χ1) is 13.7. The zero-order valence-corrected chi connectivity index (χ0v) is 17.4. The molecule has 1 aliphatic heterocycles. The molecule has 0 bridgehead atoms. The van der Waals surface area contributed by atoms with Gasteiger partial charge in [-0.25, -0.2) is 4.79 Å². The summed E-state index contributed by atoms with van der Waals surface area (Å²) in [6.45, 7) is 6.71. The Kier molecular flexibility index (Phi) is 8.45. The highest BCUT2D eigenvalue weighted by Crippen LogP contribution is 2.20. The number of carbonyl (C=O) groups is 3. The van der Waals surface area contributed by atoms with Gasteiger partial charge in [0.1, 0.15) is 12.1 Å². The predicted octanol–water partition coefficient (Wildman–Crippen LogP) is 2.58. The molecule has 3 N–H and O–H groups in total. The van der Waals surface area contributed by atoms with Crippen molar-refractivity contribution < 1.29 is 23.9 Å². The maximum atomic E-state index is 12.4. The van der Waals surface area contributed by atoms with Crippen molar-refractivity contribution >= 4 is 23.6 Å². The van der Waals surface area contributed by atoms with E-state index in [0.717, 1.165) is 18.4 Å². The van der Waals surface area contributed by atoms with Crippen molar-refractivity contribution in [3.63, 3.8) is 0 Å². The van der Waals surface area contributed by atoms with Crippen molar-refractivity contribution in [3.8, 4) is 0 Å². The van der Waals surface area contributed by atoms with Crippen molar-refractivity contribution in [2.45, 2.75) is 52.2 Å². The molecule has 1 aliphatic rings. The lowest BCUT2D eigenvalue weighted by molar-refractivity contribution is -0.120. The summed E-state index contributed by atoms with van der Waals surface area (Å²) in [5.41, 5.74) is 0.839. The van der Waals surface area contributed by atoms with Crippen LogP contribution in [-0.2, 0) is 25.6 Å². The molecular formula is C21H31N3O5. The molecule has 160 valence electrons. The van der Waals surface area contributed by atoms with Crippen LogP contribution < -0.4 is 16.0 Å². The van der Waals surface area contributed by atoms with Crippen molar-refractivity contribution in [2.75, 3.05) is 25.1 Å². The van der Waals surface area contributed by atoms with Crippen LogP contribution in [0.15, 0.2) is 24.3 Å². The molecule has 1 fully saturated rings. The second-order valence-electron chi connectivity index (χ2n) is 8.10. The number of benzene rings is 1. The average molecular weight is 405 g/mol. The Bertz CT molecular complexity index is 709. The summed E-state index contributed by atoms with van der Waals surface area (Å²) < 4.78 is 10.4. The number of rotatable bonds is 7. The van der Waals surface area contributed by atoms with Gasteiger partial charge in [0.2, 0.25) is 11.8 Å². The lowest BCUT2D eigenvalue weighted by atomic mass is 9.96. The van der Waals surface area contributed by atoms with Gasteiger partial charge in [0.25, 0.3) is 0 Å². The number of para-hydroxylation sites is 1. The monoisotopic (exact) mass is 405 g/mol. The molecular weight excluding hydrogens is 374 g/mol. The van der Waals surface area contributed by atoms with Crippen LogP contribution in [0.2, 0.25) is 0 Å². The Hall–Kier alpha value is -2.61. The lowest BCUT2D eigenvalue weighted by Gasteiger charge is -2.21. The van der Waals surface area contributed by atoms with Crippen molar-refractivity contribution in [1.29, 1.82) is 0 Å². The van der Waals surface area contributed by atoms with Crippen LogP contribution in [0.1, 0.15) is 45.6 Å². The third kappa shape index (κ3) is 8.95. The summed E-state index contributed by atoms with van der Waals surface area (Å²) >= 11 is 0. The number of alkyl carbamates (subject to hydrolysis) is 1. The quantitative estimate of drug-likeness (QED) is 0.647. The number of amides is 3. The van der Waals surface area contributed by atoms with Gasteiger partial charge < -0.3 is 25.4 Å². The minimum absolute atomic E-state index is 0.0396. The standard InChI is InChI=1S/C21H31N3O5/c1-21(2,3)29-20(27)23-14-19(26)22-13-16-6-4-5-7-17(16)24-18(25)12-15-8-10-28-11-9-15/h4-7,15H,8-14H2,1-3H3,(H,22,26)(H,23,27)(H,24,25). The van der Waals surface area contributed by atoms with Crippen LogP contribution in [0.4, 0.5) is 10.5 Å². The predicted molar refractivity (Wildman–Crippen MR) is 109 cm³/mol. The largest absolute Gasteiger partial charge is 0.444 e. The van der Waals surface area contributed by atoms with Gasteiger partial charge in [0, 0.05) is 31.9 Å². The Morgan fingerprint density at radius 2 is 1.76 bits per heavy atom. The smallest absolute Gasteiger partial charge is 0.408 e. The first kappa shape index (κ1) is 22.7. The molecule has 2 rings (SSSR count). The number of carbonyl (C=O) groups excluding carboxylic acids is 3. The summed E-state index contributed by atoms with van der Waals surface area (Å²) in [4.78, 5) is 36.0. The molecule has 0 aliphatic carbocycles. The fourth-order valence-corrected chi connectivity index (χ4v) is 2.93. The van der Waals surface area contributed by atoms with E-state index < -0.39 is 11.7 Å². The van der Waals surface area contributed by atoms with Gasteiger partial charge in [0.05, 0.1) is 0 Å². The third-order valence-corrected chi connectivity index (χ3v) is 4.37. The molecule has 0 aromatic heterocycles. The molecule has 29 heavy (non-hydrogen) atoms. The van der Waals surface area contributed by atoms with E-state index in [4.69, 9.17) is 9.47 Å². The normalized spacial score (nSPS) is 14.7. The Balaban J connectivity index is 1.79. The molecule has 1 aromatic carbocycles. The lowest BCUT2D eigenvalue weighted by Crippen LogP contribution is -2.39. The zero-order chi connectivity index (χ0) is 21.3. The first-order valence-corrected chi connectivity index (χ1v) is 9.92. The molecule has 3 amide bonds. The highest BCUT2D eigenvalue weighted by Gasteiger charge is 2.19. The number of anilines is 1. The van der Waals surface area contributed by atoms with Crippen LogP contribution >= 0.6 is 0 Å². The fourth-order valence-electron chi connectivity index (χ4n) is 2.93. The van der Waals surface area contributed by atoms with Gasteiger partial charge in [-0.3, -0.25) is 9.59 Å². The molecule has 0 spiro atoms. The minimum Gasteiger partial charge on any atom is -0.444 e. The minimum atomic E-state index is -0.645. The number of hydrogen-bond acceptors (Lipinski definition) is 5. The van der Waals surface area contributed by atoms with E-state index in [-0.39, 0.29) is 24.9 Å². The fraction of sp³-hybridized carbons (Fsp3) is 0.571. The second-order valence-corrected chi connectivity index (χ2v) is 8.10. The van der Waals surface area contributed by atoms with E-state index in [1.54, 1.807) is 20.8 Å². The van der Waals surface area contributed by atoms with E-state index in [0.29, 0.717) is 31.2 Å². The summed E-state index contributed by atoms with van der Waals surface area (Å²) in [6.07, 6.45) is 1.61. The molecule has 1 saturated heterocycles. The van der Waals surface area contributed by atoms with Crippen LogP contribution in [0.25, 0.3) is 0 Å². The van der Waals surface area contributed by atoms with Gasteiger partial charge in [-0.1, -0.05) is 18.2 Å². The molecule has 0 saturated carbocycles. The first-order valence-electron chi connectivity index (χ1n) is 9.92. The maximum Gasteiger partial charge on any atom is 0.408 e. The van der Waals surface area contributed by atoms with E-state index in [9.17, 15) is 14.4 Å². The second kappa shape index (κ2) is 10.8. The average Bonchev–Trinajstić information content (AvgIpc) is 2.65. The van der Waals surface area contributed by atoms with Crippen LogP contribution in [0, 0.1) is 5.92 Å². The van der Waals surface area contributed by atoms with Gasteiger partial charge in [-0.05, 0) is 51.2 Å². The number of nitrogens with one attached hydrogen (secondary N) is 3. The van der Waals surface area contributed by atoms with Crippen LogP contribution in [0.5, 0.6) is 0 Å². The van der Waals surface area contributed by atoms with Gasteiger partial charge in [-0.15, -0.1) is 0 Å². The van der Waals surface area contributed by atoms with Crippen molar-refractivity contribution in [1.82, 2.24) is 10.6 Å². The summed E-state index contributed by atoms with van der Waals surface area (Å²) in [7, 11) is 0. The molecule has 0 atom stereocenters. The maximum absolute atomic E-state index is 12.4. The zero-order valence-electron chi connectivity index (χ0n) is 17.4. The summed E-state index contributed by atoms with van der Waals surface area (Å²) in [6, 6.07) is 7.32. The Labute approximate surface area is 171 Å². The number of hydrogen-bond donors (Lipinski definition) is 3. The van der Waals surface area contributed by atoms with E-state index >= 15 is 0 Å². The molecule has 8 heteroatoms. The molecule has 1 heterocycles. The van der Waals surface area contributed by atoms with Crippen LogP contribution in [0.3, 0.4) is 0 Å². The van der Waals surface area contributed by atoms with Gasteiger partial charge in [0.15, 0.2) is 0 Å². The Morgan fingerprint density at radius 3 is 2.45 bits per heavy atom. The third-order valence-electron chi connectivity index (χ3n) is 4.37. The SMILES string of the molecule is CC(C)(C)OC(=O)NCC(=O)NCc1ccccc1NC(=O)CC1CCOCC1. The van der Waals surface area contributed by atoms with Crippen LogP contribution in [-0.4, -0.2) is 43.3 Å². The topological polar surface area (TPSA) is 106 Å². The van der Waals surface area contributed by atoms with Gasteiger partial charge >= 0.3 is 6.09 Å². The van der Waals surface area contributed by atoms with Gasteiger partial charge in [-0.2, -0.15) is 0 Å². The molecule has 0 unspecified atom stereocenters. The van der Waals surface area contributed by atoms with E-state index in [1.165, 1.54) is 0 Å².